The van der Waals surface area contributed by atoms with Crippen molar-refractivity contribution < 1.29 is 0 Å². The van der Waals surface area contributed by atoms with Gasteiger partial charge in [0.2, 0.25) is 0 Å². The quantitative estimate of drug-likeness (QED) is 0.876. The maximum atomic E-state index is 12.8. The molecule has 1 unspecified atom stereocenters. The van der Waals surface area contributed by atoms with E-state index in [-0.39, 0.29) is 18.1 Å². The second kappa shape index (κ2) is 7.18. The van der Waals surface area contributed by atoms with Gasteiger partial charge in [0.1, 0.15) is 5.82 Å². The van der Waals surface area contributed by atoms with Gasteiger partial charge in [-0.25, -0.2) is 4.79 Å². The van der Waals surface area contributed by atoms with Crippen LogP contribution in [-0.2, 0) is 13.6 Å². The third kappa shape index (κ3) is 3.41. The van der Waals surface area contributed by atoms with Crippen molar-refractivity contribution in [2.75, 3.05) is 18.0 Å². The number of hydrogen-bond donors (Lipinski definition) is 1. The first-order valence-electron chi connectivity index (χ1n) is 8.71. The lowest BCUT2D eigenvalue weighted by molar-refractivity contribution is 0.491. The van der Waals surface area contributed by atoms with Crippen molar-refractivity contribution in [3.63, 3.8) is 0 Å². The molecule has 26 heavy (non-hydrogen) atoms. The average molecular weight is 353 g/mol. The van der Waals surface area contributed by atoms with Crippen LogP contribution in [0.25, 0.3) is 0 Å². The molecule has 0 radical (unpaired) electrons. The number of rotatable bonds is 3. The summed E-state index contributed by atoms with van der Waals surface area (Å²) in [6, 6.07) is 9.22. The summed E-state index contributed by atoms with van der Waals surface area (Å²) in [5.74, 6) is 0.568. The molecule has 0 bridgehead atoms. The Balaban J connectivity index is 2.13. The number of aromatic nitrogens is 2. The van der Waals surface area contributed by atoms with E-state index in [1.165, 1.54) is 13.1 Å². The first-order valence-corrected chi connectivity index (χ1v) is 8.71. The first kappa shape index (κ1) is 18.0. The van der Waals surface area contributed by atoms with Crippen molar-refractivity contribution in [1.82, 2.24) is 9.13 Å². The van der Waals surface area contributed by atoms with Gasteiger partial charge in [0.05, 0.1) is 18.2 Å². The van der Waals surface area contributed by atoms with E-state index in [1.54, 1.807) is 10.6 Å². The molecule has 7 heteroatoms. The average Bonchev–Trinajstić information content (AvgIpc) is 2.62. The molecule has 1 fully saturated rings. The van der Waals surface area contributed by atoms with E-state index in [2.05, 4.69) is 6.07 Å². The van der Waals surface area contributed by atoms with Gasteiger partial charge in [-0.2, -0.15) is 5.26 Å². The van der Waals surface area contributed by atoms with Gasteiger partial charge in [0, 0.05) is 32.2 Å². The number of nitriles is 1. The SMILES string of the molecule is Cc1ccc(C#N)c(Cn2c(N3CCCC(N)C3)cc(=O)n(C)c2=O)c1. The number of nitrogens with two attached hydrogens (primary N) is 1. The van der Waals surface area contributed by atoms with Crippen LogP contribution in [0.15, 0.2) is 33.9 Å². The van der Waals surface area contributed by atoms with Crippen LogP contribution in [0.3, 0.4) is 0 Å². The zero-order valence-corrected chi connectivity index (χ0v) is 15.1. The highest BCUT2D eigenvalue weighted by molar-refractivity contribution is 5.44. The Bertz CT molecular complexity index is 983. The van der Waals surface area contributed by atoms with E-state index in [0.29, 0.717) is 17.9 Å². The Kier molecular flexibility index (Phi) is 4.96. The number of anilines is 1. The molecule has 2 aromatic rings. The van der Waals surface area contributed by atoms with Gasteiger partial charge in [-0.3, -0.25) is 13.9 Å². The van der Waals surface area contributed by atoms with E-state index < -0.39 is 5.69 Å². The number of nitrogens with zero attached hydrogens (tertiary/aromatic N) is 4. The molecule has 1 saturated heterocycles. The molecule has 136 valence electrons. The van der Waals surface area contributed by atoms with Crippen molar-refractivity contribution in [3.8, 4) is 6.07 Å². The zero-order valence-electron chi connectivity index (χ0n) is 15.1. The molecule has 1 atom stereocenters. The Morgan fingerprint density at radius 2 is 2.08 bits per heavy atom. The Labute approximate surface area is 151 Å². The van der Waals surface area contributed by atoms with E-state index in [1.807, 2.05) is 24.0 Å². The van der Waals surface area contributed by atoms with E-state index in [0.717, 1.165) is 35.1 Å². The highest BCUT2D eigenvalue weighted by Crippen LogP contribution is 2.19. The molecule has 0 saturated carbocycles. The van der Waals surface area contributed by atoms with Crippen LogP contribution in [0.5, 0.6) is 0 Å². The van der Waals surface area contributed by atoms with Crippen molar-refractivity contribution >= 4 is 5.82 Å². The predicted octanol–water partition coefficient (Wildman–Crippen LogP) is 0.703. The van der Waals surface area contributed by atoms with Gasteiger partial charge in [-0.15, -0.1) is 0 Å². The molecule has 1 aliphatic heterocycles. The van der Waals surface area contributed by atoms with Crippen LogP contribution in [0.1, 0.15) is 29.5 Å². The summed E-state index contributed by atoms with van der Waals surface area (Å²) >= 11 is 0. The highest BCUT2D eigenvalue weighted by atomic mass is 16.2. The smallest absolute Gasteiger partial charge is 0.332 e. The second-order valence-electron chi connectivity index (χ2n) is 6.89. The third-order valence-electron chi connectivity index (χ3n) is 4.87. The van der Waals surface area contributed by atoms with Gasteiger partial charge in [0.25, 0.3) is 5.56 Å². The normalized spacial score (nSPS) is 17.2. The van der Waals surface area contributed by atoms with Gasteiger partial charge >= 0.3 is 5.69 Å². The summed E-state index contributed by atoms with van der Waals surface area (Å²) < 4.78 is 2.66. The number of hydrogen-bond acceptors (Lipinski definition) is 5. The Morgan fingerprint density at radius 3 is 2.77 bits per heavy atom. The lowest BCUT2D eigenvalue weighted by atomic mass is 10.0. The monoisotopic (exact) mass is 353 g/mol. The van der Waals surface area contributed by atoms with E-state index >= 15 is 0 Å². The molecule has 2 N–H and O–H groups in total. The summed E-state index contributed by atoms with van der Waals surface area (Å²) in [5, 5.41) is 9.39. The molecule has 1 aromatic heterocycles. The maximum Gasteiger partial charge on any atom is 0.332 e. The third-order valence-corrected chi connectivity index (χ3v) is 4.87. The summed E-state index contributed by atoms with van der Waals surface area (Å²) in [6.45, 7) is 3.53. The molecule has 1 aliphatic rings. The number of piperidine rings is 1. The highest BCUT2D eigenvalue weighted by Gasteiger charge is 2.22. The Hall–Kier alpha value is -2.85. The van der Waals surface area contributed by atoms with E-state index in [9.17, 15) is 14.9 Å². The summed E-state index contributed by atoms with van der Waals surface area (Å²) in [7, 11) is 1.47. The van der Waals surface area contributed by atoms with Crippen molar-refractivity contribution in [2.45, 2.75) is 32.4 Å². The second-order valence-corrected chi connectivity index (χ2v) is 6.89. The zero-order chi connectivity index (χ0) is 18.8. The van der Waals surface area contributed by atoms with Crippen LogP contribution < -0.4 is 21.9 Å². The molecule has 7 nitrogen and oxygen atoms in total. The molecule has 0 aliphatic carbocycles. The summed E-state index contributed by atoms with van der Waals surface area (Å²) in [5.41, 5.74) is 7.65. The van der Waals surface area contributed by atoms with Crippen LogP contribution in [0, 0.1) is 18.3 Å². The minimum absolute atomic E-state index is 0.0185. The first-order chi connectivity index (χ1) is 12.4. The minimum Gasteiger partial charge on any atom is -0.356 e. The lowest BCUT2D eigenvalue weighted by Gasteiger charge is -2.34. The molecule has 3 rings (SSSR count). The van der Waals surface area contributed by atoms with Crippen molar-refractivity contribution in [2.24, 2.45) is 12.8 Å². The van der Waals surface area contributed by atoms with Crippen LogP contribution >= 0.6 is 0 Å². The van der Waals surface area contributed by atoms with Crippen LogP contribution in [-0.4, -0.2) is 28.3 Å². The lowest BCUT2D eigenvalue weighted by Crippen LogP contribution is -2.47. The topological polar surface area (TPSA) is 97.1 Å². The standard InChI is InChI=1S/C19H23N5O2/c1-13-5-6-14(10-20)15(8-13)11-24-17(9-18(25)22(2)19(24)26)23-7-3-4-16(21)12-23/h5-6,8-9,16H,3-4,7,11-12,21H2,1-2H3. The minimum atomic E-state index is -0.392. The molecular formula is C19H23N5O2. The maximum absolute atomic E-state index is 12.8. The van der Waals surface area contributed by atoms with Gasteiger partial charge in [0.15, 0.2) is 0 Å². The fraction of sp³-hybridized carbons (Fsp3) is 0.421. The summed E-state index contributed by atoms with van der Waals surface area (Å²) in [4.78, 5) is 27.0. The van der Waals surface area contributed by atoms with Crippen molar-refractivity contribution in [3.05, 3.63) is 61.8 Å². The molecule has 2 heterocycles. The predicted molar refractivity (Wildman–Crippen MR) is 100 cm³/mol. The van der Waals surface area contributed by atoms with Gasteiger partial charge in [-0.05, 0) is 31.4 Å². The van der Waals surface area contributed by atoms with E-state index in [4.69, 9.17) is 5.73 Å². The van der Waals surface area contributed by atoms with Crippen LogP contribution in [0.4, 0.5) is 5.82 Å². The Morgan fingerprint density at radius 1 is 1.31 bits per heavy atom. The molecule has 0 amide bonds. The fourth-order valence-corrected chi connectivity index (χ4v) is 3.42. The van der Waals surface area contributed by atoms with Crippen molar-refractivity contribution in [1.29, 1.82) is 5.26 Å². The molecule has 0 spiro atoms. The van der Waals surface area contributed by atoms with Gasteiger partial charge in [-0.1, -0.05) is 17.7 Å². The van der Waals surface area contributed by atoms with Crippen LogP contribution in [0.2, 0.25) is 0 Å². The molecule has 1 aromatic carbocycles. The molecular weight excluding hydrogens is 330 g/mol. The number of aryl methyl sites for hydroxylation is 1. The largest absolute Gasteiger partial charge is 0.356 e. The summed E-state index contributed by atoms with van der Waals surface area (Å²) in [6.07, 6.45) is 1.85. The number of benzene rings is 1. The fourth-order valence-electron chi connectivity index (χ4n) is 3.42. The van der Waals surface area contributed by atoms with Gasteiger partial charge < -0.3 is 10.6 Å².